The highest BCUT2D eigenvalue weighted by Crippen LogP contribution is 2.11. The largest absolute Gasteiger partial charge is 0.445 e. The van der Waals surface area contributed by atoms with Gasteiger partial charge in [0, 0.05) is 24.7 Å². The van der Waals surface area contributed by atoms with Crippen molar-refractivity contribution in [2.75, 3.05) is 6.61 Å². The molecule has 1 heterocycles. The average Bonchev–Trinajstić information content (AvgIpc) is 3.48. The molecule has 2 aromatic carbocycles. The van der Waals surface area contributed by atoms with Crippen molar-refractivity contribution in [2.45, 2.75) is 63.9 Å². The molecule has 0 aliphatic rings. The van der Waals surface area contributed by atoms with Gasteiger partial charge in [-0.1, -0.05) is 74.5 Å². The van der Waals surface area contributed by atoms with Gasteiger partial charge in [-0.15, -0.1) is 0 Å². The highest BCUT2D eigenvalue weighted by Gasteiger charge is 2.30. The number of benzene rings is 2. The Hall–Kier alpha value is -4.22. The molecule has 3 aromatic rings. The predicted molar refractivity (Wildman–Crippen MR) is 152 cm³/mol. The number of amides is 3. The fraction of sp³-hybridized carbons (Fsp3) is 0.400. The summed E-state index contributed by atoms with van der Waals surface area (Å²) in [5.74, 6) is -1.01. The van der Waals surface area contributed by atoms with E-state index in [0.29, 0.717) is 12.1 Å². The Balaban J connectivity index is 1.76. The lowest BCUT2D eigenvalue weighted by molar-refractivity contribution is -0.131. The summed E-state index contributed by atoms with van der Waals surface area (Å²) in [6.07, 6.45) is 1.72. The first-order valence-corrected chi connectivity index (χ1v) is 13.6. The second-order valence-corrected chi connectivity index (χ2v) is 10.3. The Kier molecular flexibility index (Phi) is 12.3. The van der Waals surface area contributed by atoms with Crippen molar-refractivity contribution in [1.29, 1.82) is 0 Å². The predicted octanol–water partition coefficient (Wildman–Crippen LogP) is 1.86. The quantitative estimate of drug-likeness (QED) is 0.164. The Labute approximate surface area is 239 Å². The van der Waals surface area contributed by atoms with Crippen molar-refractivity contribution in [2.24, 2.45) is 5.92 Å². The molecular formula is C30H39N5O6. The van der Waals surface area contributed by atoms with Gasteiger partial charge in [0.2, 0.25) is 11.8 Å². The normalized spacial score (nSPS) is 14.0. The molecule has 6 N–H and O–H groups in total. The average molecular weight is 566 g/mol. The Morgan fingerprint density at radius 1 is 0.878 bits per heavy atom. The summed E-state index contributed by atoms with van der Waals surface area (Å²) in [5, 5.41) is 28.0. The molecule has 0 fully saturated rings. The van der Waals surface area contributed by atoms with Gasteiger partial charge < -0.3 is 35.9 Å². The number of imidazole rings is 1. The van der Waals surface area contributed by atoms with E-state index < -0.39 is 48.7 Å². The summed E-state index contributed by atoms with van der Waals surface area (Å²) in [6, 6.07) is 15.5. The Morgan fingerprint density at radius 3 is 2.07 bits per heavy atom. The number of aliphatic hydroxyl groups is 2. The van der Waals surface area contributed by atoms with Gasteiger partial charge >= 0.3 is 6.09 Å². The van der Waals surface area contributed by atoms with E-state index in [9.17, 15) is 24.6 Å². The van der Waals surface area contributed by atoms with Crippen LogP contribution in [-0.4, -0.2) is 68.9 Å². The summed E-state index contributed by atoms with van der Waals surface area (Å²) in [7, 11) is 0. The van der Waals surface area contributed by atoms with Crippen LogP contribution in [0.5, 0.6) is 0 Å². The molecule has 11 heteroatoms. The molecule has 0 aliphatic heterocycles. The summed E-state index contributed by atoms with van der Waals surface area (Å²) in [6.45, 7) is 3.37. The molecule has 0 saturated carbocycles. The third kappa shape index (κ3) is 10.7. The Morgan fingerprint density at radius 2 is 1.49 bits per heavy atom. The molecule has 4 atom stereocenters. The zero-order valence-corrected chi connectivity index (χ0v) is 23.3. The number of aliphatic hydroxyl groups excluding tert-OH is 2. The Bertz CT molecular complexity index is 1210. The van der Waals surface area contributed by atoms with Gasteiger partial charge in [0.15, 0.2) is 0 Å². The van der Waals surface area contributed by atoms with Crippen LogP contribution in [0.15, 0.2) is 73.2 Å². The molecule has 3 amide bonds. The highest BCUT2D eigenvalue weighted by molar-refractivity contribution is 5.91. The molecule has 11 nitrogen and oxygen atoms in total. The molecule has 0 aliphatic carbocycles. The molecular weight excluding hydrogens is 526 g/mol. The lowest BCUT2D eigenvalue weighted by atomic mass is 9.98. The first kappa shape index (κ1) is 31.3. The number of rotatable bonds is 15. The maximum atomic E-state index is 13.6. The minimum Gasteiger partial charge on any atom is -0.445 e. The van der Waals surface area contributed by atoms with Crippen molar-refractivity contribution in [3.8, 4) is 0 Å². The van der Waals surface area contributed by atoms with E-state index in [0.717, 1.165) is 11.1 Å². The summed E-state index contributed by atoms with van der Waals surface area (Å²) < 4.78 is 5.34. The van der Waals surface area contributed by atoms with Gasteiger partial charge in [0.25, 0.3) is 0 Å². The van der Waals surface area contributed by atoms with E-state index in [1.54, 1.807) is 6.20 Å². The van der Waals surface area contributed by atoms with Crippen LogP contribution in [0.3, 0.4) is 0 Å². The van der Waals surface area contributed by atoms with Crippen LogP contribution in [0, 0.1) is 5.92 Å². The van der Waals surface area contributed by atoms with Gasteiger partial charge in [0.1, 0.15) is 18.7 Å². The molecule has 1 aromatic heterocycles. The van der Waals surface area contributed by atoms with Crippen molar-refractivity contribution in [3.05, 3.63) is 90.0 Å². The number of aromatic amines is 1. The molecule has 0 unspecified atom stereocenters. The van der Waals surface area contributed by atoms with Gasteiger partial charge in [-0.3, -0.25) is 9.59 Å². The van der Waals surface area contributed by atoms with Crippen LogP contribution in [0.25, 0.3) is 0 Å². The number of hydrogen-bond donors (Lipinski definition) is 6. The van der Waals surface area contributed by atoms with Crippen molar-refractivity contribution in [1.82, 2.24) is 25.9 Å². The zero-order valence-electron chi connectivity index (χ0n) is 23.3. The van der Waals surface area contributed by atoms with Gasteiger partial charge in [-0.05, 0) is 23.5 Å². The number of nitrogens with zero attached hydrogens (tertiary/aromatic N) is 1. The zero-order chi connectivity index (χ0) is 29.6. The van der Waals surface area contributed by atoms with Crippen LogP contribution < -0.4 is 16.0 Å². The maximum Gasteiger partial charge on any atom is 0.408 e. The number of carbonyl (C=O) groups excluding carboxylic acids is 3. The van der Waals surface area contributed by atoms with Crippen LogP contribution in [0.1, 0.15) is 37.1 Å². The molecule has 3 rings (SSSR count). The fourth-order valence-corrected chi connectivity index (χ4v) is 4.29. The lowest BCUT2D eigenvalue weighted by Gasteiger charge is -2.28. The van der Waals surface area contributed by atoms with Crippen molar-refractivity contribution < 1.29 is 29.3 Å². The van der Waals surface area contributed by atoms with Crippen molar-refractivity contribution in [3.63, 3.8) is 0 Å². The minimum atomic E-state index is -1.17. The number of H-pyrrole nitrogens is 1. The lowest BCUT2D eigenvalue weighted by Crippen LogP contribution is -2.57. The monoisotopic (exact) mass is 565 g/mol. The van der Waals surface area contributed by atoms with E-state index in [-0.39, 0.29) is 25.4 Å². The first-order valence-electron chi connectivity index (χ1n) is 13.6. The third-order valence-electron chi connectivity index (χ3n) is 6.42. The topological polar surface area (TPSA) is 166 Å². The molecule has 220 valence electrons. The van der Waals surface area contributed by atoms with Crippen LogP contribution in [0.4, 0.5) is 4.79 Å². The van der Waals surface area contributed by atoms with E-state index >= 15 is 0 Å². The van der Waals surface area contributed by atoms with Crippen molar-refractivity contribution >= 4 is 17.9 Å². The molecule has 41 heavy (non-hydrogen) atoms. The molecule has 0 spiro atoms. The van der Waals surface area contributed by atoms with E-state index in [2.05, 4.69) is 25.9 Å². The third-order valence-corrected chi connectivity index (χ3v) is 6.42. The van der Waals surface area contributed by atoms with E-state index in [4.69, 9.17) is 4.74 Å². The number of carbonyl (C=O) groups is 3. The summed E-state index contributed by atoms with van der Waals surface area (Å²) >= 11 is 0. The second-order valence-electron chi connectivity index (χ2n) is 10.3. The SMILES string of the molecule is CC(C)C[C@H](NC(=O)[C@H](Cc1cnc[nH]1)NC(=O)[C@H](Cc1ccccc1)NC(=O)OCc1ccccc1)[C@H](O)CO. The van der Waals surface area contributed by atoms with Crippen LogP contribution in [0.2, 0.25) is 0 Å². The fourth-order valence-electron chi connectivity index (χ4n) is 4.29. The number of ether oxygens (including phenoxy) is 1. The number of aromatic nitrogens is 2. The standard InChI is InChI=1S/C30H39N5O6/c1-20(2)13-24(27(37)17-36)33-29(39)26(15-23-16-31-19-32-23)34-28(38)25(14-21-9-5-3-6-10-21)35-30(40)41-18-22-11-7-4-8-12-22/h3-12,16,19-20,24-27,36-37H,13-15,17-18H2,1-2H3,(H,31,32)(H,33,39)(H,34,38)(H,35,40)/t24-,25-,26-,27+/m0/s1. The number of hydrogen-bond acceptors (Lipinski definition) is 7. The molecule has 0 radical (unpaired) electrons. The second kappa shape index (κ2) is 16.1. The molecule has 0 saturated heterocycles. The summed E-state index contributed by atoms with van der Waals surface area (Å²) in [5.41, 5.74) is 2.20. The van der Waals surface area contributed by atoms with Gasteiger partial charge in [0.05, 0.1) is 25.1 Å². The summed E-state index contributed by atoms with van der Waals surface area (Å²) in [4.78, 5) is 46.6. The number of nitrogens with one attached hydrogen (secondary N) is 4. The van der Waals surface area contributed by atoms with Gasteiger partial charge in [-0.2, -0.15) is 0 Å². The van der Waals surface area contributed by atoms with E-state index in [1.807, 2.05) is 74.5 Å². The first-order chi connectivity index (χ1) is 19.7. The molecule has 0 bridgehead atoms. The van der Waals surface area contributed by atoms with E-state index in [1.165, 1.54) is 6.33 Å². The highest BCUT2D eigenvalue weighted by atomic mass is 16.5. The van der Waals surface area contributed by atoms with Gasteiger partial charge in [-0.25, -0.2) is 9.78 Å². The minimum absolute atomic E-state index is 0.0294. The van der Waals surface area contributed by atoms with Crippen LogP contribution in [-0.2, 0) is 33.8 Å². The number of alkyl carbamates (subject to hydrolysis) is 1. The smallest absolute Gasteiger partial charge is 0.408 e. The maximum absolute atomic E-state index is 13.6. The van der Waals surface area contributed by atoms with Crippen LogP contribution >= 0.6 is 0 Å².